The number of carboxylic acid groups (broad SMARTS) is 1. The summed E-state index contributed by atoms with van der Waals surface area (Å²) in [4.78, 5) is 11.1. The molecular weight excluding hydrogens is 373 g/mol. The van der Waals surface area contributed by atoms with Crippen molar-refractivity contribution >= 4 is 14.4 Å². The van der Waals surface area contributed by atoms with Crippen LogP contribution in [-0.2, 0) is 25.2 Å². The molecule has 1 fully saturated rings. The third kappa shape index (κ3) is 5.60. The highest BCUT2D eigenvalue weighted by Gasteiger charge is 2.47. The Bertz CT molecular complexity index is 630. The van der Waals surface area contributed by atoms with E-state index in [0.29, 0.717) is 19.6 Å². The number of carboxylic acids is 1. The van der Waals surface area contributed by atoms with Crippen molar-refractivity contribution in [3.8, 4) is 0 Å². The summed E-state index contributed by atoms with van der Waals surface area (Å²) >= 11 is 0. The van der Waals surface area contributed by atoms with Crippen LogP contribution in [0.2, 0.25) is 0 Å². The average Bonchev–Trinajstić information content (AvgIpc) is 2.68. The lowest BCUT2D eigenvalue weighted by molar-refractivity contribution is -0.238. The van der Waals surface area contributed by atoms with Gasteiger partial charge in [-0.05, 0) is 38.0 Å². The maximum atomic E-state index is 11.8. The number of aliphatic hydroxyl groups is 1. The van der Waals surface area contributed by atoms with Gasteiger partial charge in [-0.1, -0.05) is 12.1 Å². The van der Waals surface area contributed by atoms with Gasteiger partial charge in [0, 0.05) is 25.8 Å². The first-order valence-corrected chi connectivity index (χ1v) is 10.1. The molecule has 2 unspecified atom stereocenters. The van der Waals surface area contributed by atoms with Crippen LogP contribution in [0.5, 0.6) is 0 Å². The van der Waals surface area contributed by atoms with E-state index in [-0.39, 0.29) is 24.8 Å². The van der Waals surface area contributed by atoms with Crippen LogP contribution in [-0.4, -0.2) is 66.3 Å². The number of rotatable bonds is 10. The molecule has 1 heterocycles. The van der Waals surface area contributed by atoms with Gasteiger partial charge in [-0.15, -0.1) is 0 Å². The number of morpholine rings is 1. The summed E-state index contributed by atoms with van der Waals surface area (Å²) < 4.78 is 28.5. The molecule has 8 nitrogen and oxygen atoms in total. The Kier molecular flexibility index (Phi) is 8.41. The van der Waals surface area contributed by atoms with Crippen LogP contribution in [0.15, 0.2) is 24.3 Å². The van der Waals surface area contributed by atoms with Gasteiger partial charge in [0.15, 0.2) is 11.6 Å². The lowest BCUT2D eigenvalue weighted by atomic mass is 10.0. The Morgan fingerprint density at radius 1 is 1.41 bits per heavy atom. The van der Waals surface area contributed by atoms with Crippen molar-refractivity contribution in [3.63, 3.8) is 0 Å². The molecule has 1 aliphatic heterocycles. The minimum absolute atomic E-state index is 0.0474. The first-order valence-electron chi connectivity index (χ1n) is 9.03. The molecule has 1 aliphatic rings. The van der Waals surface area contributed by atoms with Crippen molar-refractivity contribution in [2.45, 2.75) is 44.0 Å². The SMILES string of the molecule is CCOC(OCC)C(O)([PH2]=O)[C@@H]1CN[C@H](Cc2cccc(C(=O)O)c2)CO1. The van der Waals surface area contributed by atoms with Crippen molar-refractivity contribution in [2.24, 2.45) is 0 Å². The fourth-order valence-electron chi connectivity index (χ4n) is 3.07. The normalized spacial score (nSPS) is 23.0. The first kappa shape index (κ1) is 22.0. The van der Waals surface area contributed by atoms with Gasteiger partial charge in [0.25, 0.3) is 0 Å². The average molecular weight is 401 g/mol. The van der Waals surface area contributed by atoms with Crippen molar-refractivity contribution in [1.29, 1.82) is 0 Å². The number of aromatic carboxylic acids is 1. The van der Waals surface area contributed by atoms with E-state index in [1.807, 2.05) is 6.07 Å². The van der Waals surface area contributed by atoms with Crippen LogP contribution in [0.3, 0.4) is 0 Å². The highest BCUT2D eigenvalue weighted by atomic mass is 31.1. The van der Waals surface area contributed by atoms with Crippen molar-refractivity contribution in [1.82, 2.24) is 5.32 Å². The molecule has 1 aromatic rings. The van der Waals surface area contributed by atoms with Gasteiger partial charge in [-0.25, -0.2) is 4.79 Å². The zero-order valence-electron chi connectivity index (χ0n) is 15.6. The summed E-state index contributed by atoms with van der Waals surface area (Å²) in [5.74, 6) is -0.967. The molecule has 1 saturated heterocycles. The van der Waals surface area contributed by atoms with Crippen LogP contribution in [0, 0.1) is 0 Å². The summed E-state index contributed by atoms with van der Waals surface area (Å²) in [5, 5.41) is 21.5. The molecule has 0 aromatic heterocycles. The van der Waals surface area contributed by atoms with Gasteiger partial charge >= 0.3 is 5.97 Å². The van der Waals surface area contributed by atoms with Gasteiger partial charge in [-0.3, -0.25) is 0 Å². The second-order valence-corrected chi connectivity index (χ2v) is 7.55. The van der Waals surface area contributed by atoms with Crippen LogP contribution in [0.4, 0.5) is 0 Å². The van der Waals surface area contributed by atoms with Crippen LogP contribution >= 0.6 is 8.46 Å². The van der Waals surface area contributed by atoms with E-state index < -0.39 is 32.2 Å². The molecule has 9 heteroatoms. The summed E-state index contributed by atoms with van der Waals surface area (Å²) in [7, 11) is -1.62. The van der Waals surface area contributed by atoms with E-state index in [1.165, 1.54) is 0 Å². The number of benzene rings is 1. The highest BCUT2D eigenvalue weighted by Crippen LogP contribution is 2.34. The van der Waals surface area contributed by atoms with E-state index in [9.17, 15) is 14.5 Å². The minimum Gasteiger partial charge on any atom is -0.478 e. The molecule has 3 N–H and O–H groups in total. The van der Waals surface area contributed by atoms with Gasteiger partial charge in [0.05, 0.1) is 12.2 Å². The molecule has 0 saturated carbocycles. The third-order valence-electron chi connectivity index (χ3n) is 4.46. The molecular formula is C18H28NO7P. The Balaban J connectivity index is 1.99. The largest absolute Gasteiger partial charge is 0.478 e. The Labute approximate surface area is 160 Å². The zero-order valence-corrected chi connectivity index (χ0v) is 16.7. The van der Waals surface area contributed by atoms with E-state index in [1.54, 1.807) is 32.0 Å². The quantitative estimate of drug-likeness (QED) is 0.395. The standard InChI is InChI=1S/C18H28NO7P/c1-3-24-17(25-4-2)18(22,27-23)15-10-19-14(11-26-15)9-12-6-5-7-13(8-12)16(20)21/h5-8,14-15,17,19,22H,3-4,9-11,27H2,1-2H3,(H,20,21)/t14-,15+,18?/m1/s1. The highest BCUT2D eigenvalue weighted by molar-refractivity contribution is 7.25. The molecule has 1 aromatic carbocycles. The van der Waals surface area contributed by atoms with Crippen LogP contribution in [0.25, 0.3) is 0 Å². The third-order valence-corrected chi connectivity index (χ3v) is 5.49. The molecule has 4 atom stereocenters. The van der Waals surface area contributed by atoms with E-state index in [4.69, 9.17) is 19.3 Å². The number of nitrogens with one attached hydrogen (secondary N) is 1. The minimum atomic E-state index is -1.72. The van der Waals surface area contributed by atoms with Crippen molar-refractivity contribution in [2.75, 3.05) is 26.4 Å². The van der Waals surface area contributed by atoms with Crippen LogP contribution < -0.4 is 5.32 Å². The monoisotopic (exact) mass is 401 g/mol. The summed E-state index contributed by atoms with van der Waals surface area (Å²) in [5.41, 5.74) is 1.11. The molecule has 0 amide bonds. The molecule has 0 bridgehead atoms. The van der Waals surface area contributed by atoms with E-state index in [0.717, 1.165) is 5.56 Å². The van der Waals surface area contributed by atoms with E-state index in [2.05, 4.69) is 5.32 Å². The van der Waals surface area contributed by atoms with Crippen molar-refractivity contribution in [3.05, 3.63) is 35.4 Å². The topological polar surface area (TPSA) is 114 Å². The lowest BCUT2D eigenvalue weighted by Crippen LogP contribution is -2.60. The maximum Gasteiger partial charge on any atom is 0.335 e. The zero-order chi connectivity index (χ0) is 19.9. The first-order chi connectivity index (χ1) is 12.9. The predicted molar refractivity (Wildman–Crippen MR) is 101 cm³/mol. The number of ether oxygens (including phenoxy) is 3. The van der Waals surface area contributed by atoms with Crippen LogP contribution in [0.1, 0.15) is 29.8 Å². The number of carbonyl (C=O) groups is 1. The molecule has 0 spiro atoms. The molecule has 2 rings (SSSR count). The maximum absolute atomic E-state index is 11.8. The molecule has 0 radical (unpaired) electrons. The number of hydrogen-bond donors (Lipinski definition) is 3. The summed E-state index contributed by atoms with van der Waals surface area (Å²) in [6.45, 7) is 4.74. The summed E-state index contributed by atoms with van der Waals surface area (Å²) in [6.07, 6.45) is -1.16. The van der Waals surface area contributed by atoms with Gasteiger partial charge < -0.3 is 34.3 Å². The molecule has 152 valence electrons. The molecule has 0 aliphatic carbocycles. The lowest BCUT2D eigenvalue weighted by Gasteiger charge is -2.41. The van der Waals surface area contributed by atoms with Gasteiger partial charge in [0.1, 0.15) is 14.6 Å². The summed E-state index contributed by atoms with van der Waals surface area (Å²) in [6, 6.07) is 6.70. The Morgan fingerprint density at radius 3 is 2.63 bits per heavy atom. The number of hydrogen-bond acceptors (Lipinski definition) is 7. The predicted octanol–water partition coefficient (Wildman–Crippen LogP) is 1.13. The van der Waals surface area contributed by atoms with E-state index >= 15 is 0 Å². The Hall–Kier alpha value is -1.28. The second kappa shape index (κ2) is 10.3. The smallest absolute Gasteiger partial charge is 0.335 e. The van der Waals surface area contributed by atoms with Gasteiger partial charge in [-0.2, -0.15) is 0 Å². The molecule has 27 heavy (non-hydrogen) atoms. The van der Waals surface area contributed by atoms with Gasteiger partial charge in [0.2, 0.25) is 0 Å². The fraction of sp³-hybridized carbons (Fsp3) is 0.611. The fourth-order valence-corrected chi connectivity index (χ4v) is 3.74. The van der Waals surface area contributed by atoms with Crippen molar-refractivity contribution < 1.29 is 33.8 Å². The Morgan fingerprint density at radius 2 is 2.11 bits per heavy atom. The second-order valence-electron chi connectivity index (χ2n) is 6.38.